The number of benzene rings is 3. The zero-order valence-electron chi connectivity index (χ0n) is 20.3. The number of halogens is 1. The van der Waals surface area contributed by atoms with E-state index in [0.29, 0.717) is 41.4 Å². The first kappa shape index (κ1) is 24.7. The summed E-state index contributed by atoms with van der Waals surface area (Å²) >= 11 is 3.44. The molecule has 4 rings (SSSR count). The number of rotatable bonds is 7. The third kappa shape index (κ3) is 5.80. The van der Waals surface area contributed by atoms with Gasteiger partial charge in [0.25, 0.3) is 5.56 Å². The van der Waals surface area contributed by atoms with Gasteiger partial charge < -0.3 is 9.47 Å². The zero-order valence-corrected chi connectivity index (χ0v) is 21.9. The van der Waals surface area contributed by atoms with Crippen LogP contribution in [0.25, 0.3) is 10.9 Å². The molecule has 0 aliphatic carbocycles. The molecule has 0 saturated heterocycles. The average molecular weight is 534 g/mol. The Bertz CT molecular complexity index is 1420. The molecule has 0 spiro atoms. The van der Waals surface area contributed by atoms with Crippen LogP contribution in [0.2, 0.25) is 0 Å². The molecule has 6 nitrogen and oxygen atoms in total. The Kier molecular flexibility index (Phi) is 7.36. The fourth-order valence-electron chi connectivity index (χ4n) is 3.59. The number of nitrogens with zero attached hydrogens (tertiary/aromatic N) is 3. The van der Waals surface area contributed by atoms with E-state index in [1.807, 2.05) is 88.4 Å². The van der Waals surface area contributed by atoms with Crippen molar-refractivity contribution in [1.82, 2.24) is 9.66 Å². The summed E-state index contributed by atoms with van der Waals surface area (Å²) in [5, 5.41) is 5.06. The van der Waals surface area contributed by atoms with Crippen LogP contribution in [0.4, 0.5) is 0 Å². The van der Waals surface area contributed by atoms with Gasteiger partial charge in [-0.05, 0) is 54.4 Å². The minimum Gasteiger partial charge on any atom is -0.490 e. The van der Waals surface area contributed by atoms with E-state index < -0.39 is 0 Å². The van der Waals surface area contributed by atoms with Crippen molar-refractivity contribution in [1.29, 1.82) is 0 Å². The third-order valence-corrected chi connectivity index (χ3v) is 5.80. The fourth-order valence-corrected chi connectivity index (χ4v) is 3.95. The quantitative estimate of drug-likeness (QED) is 0.261. The molecule has 1 aromatic heterocycles. The van der Waals surface area contributed by atoms with Gasteiger partial charge in [0, 0.05) is 9.89 Å². The number of hydrogen-bond donors (Lipinski definition) is 0. The summed E-state index contributed by atoms with van der Waals surface area (Å²) in [6, 6.07) is 21.1. The molecule has 3 aromatic carbocycles. The molecule has 0 aliphatic heterocycles. The maximum Gasteiger partial charge on any atom is 0.282 e. The maximum atomic E-state index is 13.4. The van der Waals surface area contributed by atoms with Crippen molar-refractivity contribution in [2.24, 2.45) is 5.10 Å². The van der Waals surface area contributed by atoms with Gasteiger partial charge in [0.1, 0.15) is 12.4 Å². The highest BCUT2D eigenvalue weighted by Crippen LogP contribution is 2.29. The van der Waals surface area contributed by atoms with Gasteiger partial charge in [-0.2, -0.15) is 9.78 Å². The first-order valence-corrected chi connectivity index (χ1v) is 12.3. The molecule has 1 heterocycles. The van der Waals surface area contributed by atoms with Crippen LogP contribution in [0, 0.1) is 0 Å². The van der Waals surface area contributed by atoms with Crippen molar-refractivity contribution in [2.45, 2.75) is 39.7 Å². The van der Waals surface area contributed by atoms with Gasteiger partial charge in [-0.15, -0.1) is 0 Å². The Morgan fingerprint density at radius 2 is 1.77 bits per heavy atom. The van der Waals surface area contributed by atoms with Crippen LogP contribution in [-0.2, 0) is 12.0 Å². The normalized spacial score (nSPS) is 11.8. The minimum absolute atomic E-state index is 0.217. The summed E-state index contributed by atoms with van der Waals surface area (Å²) in [5.41, 5.74) is 1.90. The Morgan fingerprint density at radius 3 is 2.49 bits per heavy atom. The zero-order chi connectivity index (χ0) is 25.0. The number of ether oxygens (including phenoxy) is 2. The van der Waals surface area contributed by atoms with Crippen LogP contribution in [0.5, 0.6) is 11.5 Å². The Hall–Kier alpha value is -3.45. The van der Waals surface area contributed by atoms with Gasteiger partial charge in [-0.25, -0.2) is 4.98 Å². The largest absolute Gasteiger partial charge is 0.490 e. The van der Waals surface area contributed by atoms with Gasteiger partial charge in [0.05, 0.1) is 23.7 Å². The average Bonchev–Trinajstić information content (AvgIpc) is 2.83. The number of hydrogen-bond acceptors (Lipinski definition) is 5. The summed E-state index contributed by atoms with van der Waals surface area (Å²) in [6.45, 7) is 8.90. The highest BCUT2D eigenvalue weighted by atomic mass is 79.9. The summed E-state index contributed by atoms with van der Waals surface area (Å²) < 4.78 is 14.0. The second-order valence-corrected chi connectivity index (χ2v) is 10.0. The molecule has 0 aliphatic rings. The molecule has 180 valence electrons. The molecule has 7 heteroatoms. The summed E-state index contributed by atoms with van der Waals surface area (Å²) in [6.07, 6.45) is 1.64. The lowest BCUT2D eigenvalue weighted by Crippen LogP contribution is -2.29. The third-order valence-electron chi connectivity index (χ3n) is 5.31. The van der Waals surface area contributed by atoms with E-state index in [0.717, 1.165) is 15.6 Å². The molecular formula is C28H28BrN3O3. The molecule has 0 N–H and O–H groups in total. The van der Waals surface area contributed by atoms with Crippen LogP contribution in [0.1, 0.15) is 44.6 Å². The molecule has 4 aromatic rings. The SMILES string of the molecule is CCOc1cc(C=Nn2c(C(C)(C)C)nc3ccc(Br)cc3c2=O)ccc1OCc1ccccc1. The summed E-state index contributed by atoms with van der Waals surface area (Å²) in [4.78, 5) is 18.1. The molecule has 35 heavy (non-hydrogen) atoms. The van der Waals surface area contributed by atoms with Crippen molar-refractivity contribution in [2.75, 3.05) is 6.61 Å². The highest BCUT2D eigenvalue weighted by Gasteiger charge is 2.23. The molecular weight excluding hydrogens is 506 g/mol. The highest BCUT2D eigenvalue weighted by molar-refractivity contribution is 9.10. The number of fused-ring (bicyclic) bond motifs is 1. The van der Waals surface area contributed by atoms with Gasteiger partial charge >= 0.3 is 0 Å². The Balaban J connectivity index is 1.69. The van der Waals surface area contributed by atoms with Gasteiger partial charge in [-0.1, -0.05) is 67.0 Å². The Morgan fingerprint density at radius 1 is 1.00 bits per heavy atom. The predicted octanol–water partition coefficient (Wildman–Crippen LogP) is 6.32. The standard InChI is InChI=1S/C28H28BrN3O3/c1-5-34-25-15-20(11-14-24(25)35-18-19-9-7-6-8-10-19)17-30-32-26(33)22-16-21(29)12-13-23(22)31-27(32)28(2,3)4/h6-17H,5,18H2,1-4H3. The van der Waals surface area contributed by atoms with E-state index in [2.05, 4.69) is 21.0 Å². The van der Waals surface area contributed by atoms with Crippen LogP contribution >= 0.6 is 15.9 Å². The fraction of sp³-hybridized carbons (Fsp3) is 0.250. The van der Waals surface area contributed by atoms with E-state index in [1.54, 1.807) is 12.3 Å². The van der Waals surface area contributed by atoms with Gasteiger partial charge in [-0.3, -0.25) is 4.79 Å². The first-order valence-electron chi connectivity index (χ1n) is 11.5. The maximum absolute atomic E-state index is 13.4. The predicted molar refractivity (Wildman–Crippen MR) is 144 cm³/mol. The second-order valence-electron chi connectivity index (χ2n) is 9.12. The van der Waals surface area contributed by atoms with E-state index in [9.17, 15) is 4.79 Å². The molecule has 0 unspecified atom stereocenters. The summed E-state index contributed by atoms with van der Waals surface area (Å²) in [5.74, 6) is 1.86. The van der Waals surface area contributed by atoms with E-state index >= 15 is 0 Å². The molecule has 0 bridgehead atoms. The lowest BCUT2D eigenvalue weighted by Gasteiger charge is -2.21. The van der Waals surface area contributed by atoms with Crippen LogP contribution in [0.3, 0.4) is 0 Å². The van der Waals surface area contributed by atoms with Crippen LogP contribution < -0.4 is 15.0 Å². The Labute approximate surface area is 213 Å². The lowest BCUT2D eigenvalue weighted by molar-refractivity contribution is 0.269. The second kappa shape index (κ2) is 10.4. The molecule has 0 atom stereocenters. The van der Waals surface area contributed by atoms with E-state index in [-0.39, 0.29) is 11.0 Å². The molecule has 0 amide bonds. The van der Waals surface area contributed by atoms with Crippen molar-refractivity contribution in [3.8, 4) is 11.5 Å². The van der Waals surface area contributed by atoms with Crippen molar-refractivity contribution in [3.05, 3.63) is 98.5 Å². The molecule has 0 saturated carbocycles. The minimum atomic E-state index is -0.386. The first-order chi connectivity index (χ1) is 16.8. The number of aromatic nitrogens is 2. The summed E-state index contributed by atoms with van der Waals surface area (Å²) in [7, 11) is 0. The molecule has 0 radical (unpaired) electrons. The van der Waals surface area contributed by atoms with E-state index in [1.165, 1.54) is 4.68 Å². The van der Waals surface area contributed by atoms with Crippen molar-refractivity contribution >= 4 is 33.0 Å². The van der Waals surface area contributed by atoms with Crippen molar-refractivity contribution in [3.63, 3.8) is 0 Å². The van der Waals surface area contributed by atoms with E-state index in [4.69, 9.17) is 14.5 Å². The smallest absolute Gasteiger partial charge is 0.282 e. The monoisotopic (exact) mass is 533 g/mol. The van der Waals surface area contributed by atoms with Crippen LogP contribution in [0.15, 0.2) is 81.1 Å². The topological polar surface area (TPSA) is 65.7 Å². The van der Waals surface area contributed by atoms with Gasteiger partial charge in [0.15, 0.2) is 11.5 Å². The van der Waals surface area contributed by atoms with Crippen molar-refractivity contribution < 1.29 is 9.47 Å². The lowest BCUT2D eigenvalue weighted by atomic mass is 9.95. The molecule has 0 fully saturated rings. The van der Waals surface area contributed by atoms with Gasteiger partial charge in [0.2, 0.25) is 0 Å². The van der Waals surface area contributed by atoms with Crippen LogP contribution in [-0.4, -0.2) is 22.5 Å².